The number of carboxylic acids is 1. The molecular weight excluding hydrogens is 392 g/mol. The quantitative estimate of drug-likeness (QED) is 0.710. The number of rotatable bonds is 6. The molecule has 5 nitrogen and oxygen atoms in total. The molecule has 0 spiro atoms. The molecule has 0 heterocycles. The Morgan fingerprint density at radius 3 is 2.23 bits per heavy atom. The fourth-order valence-electron chi connectivity index (χ4n) is 4.64. The third-order valence-electron chi connectivity index (χ3n) is 6.05. The Hall–Kier alpha value is -2.96. The van der Waals surface area contributed by atoms with Gasteiger partial charge in [0.2, 0.25) is 5.92 Å². The van der Waals surface area contributed by atoms with E-state index in [1.54, 1.807) is 0 Å². The van der Waals surface area contributed by atoms with Crippen LogP contribution in [-0.2, 0) is 9.53 Å². The molecule has 0 bridgehead atoms. The molecule has 2 aromatic carbocycles. The lowest BCUT2D eigenvalue weighted by molar-refractivity contribution is -0.137. The molecule has 1 fully saturated rings. The molecule has 0 saturated heterocycles. The van der Waals surface area contributed by atoms with Gasteiger partial charge in [-0.05, 0) is 34.6 Å². The van der Waals surface area contributed by atoms with Gasteiger partial charge in [-0.3, -0.25) is 4.79 Å². The first kappa shape index (κ1) is 20.3. The molecular formula is C23H23F2NO4. The third-order valence-corrected chi connectivity index (χ3v) is 6.05. The minimum atomic E-state index is -2.82. The van der Waals surface area contributed by atoms with Crippen molar-refractivity contribution in [2.24, 2.45) is 5.92 Å². The summed E-state index contributed by atoms with van der Waals surface area (Å²) in [6.45, 7) is 0.0838. The molecule has 2 aliphatic carbocycles. The second kappa shape index (κ2) is 8.05. The average molecular weight is 415 g/mol. The highest BCUT2D eigenvalue weighted by Crippen LogP contribution is 2.44. The zero-order chi connectivity index (χ0) is 21.3. The lowest BCUT2D eigenvalue weighted by Gasteiger charge is -2.23. The van der Waals surface area contributed by atoms with Crippen molar-refractivity contribution in [2.45, 2.75) is 43.6 Å². The Morgan fingerprint density at radius 2 is 1.70 bits per heavy atom. The minimum Gasteiger partial charge on any atom is -0.481 e. The van der Waals surface area contributed by atoms with E-state index in [4.69, 9.17) is 9.84 Å². The maximum atomic E-state index is 13.6. The molecule has 0 radical (unpaired) electrons. The maximum Gasteiger partial charge on any atom is 0.407 e. The number of alkyl halides is 2. The summed E-state index contributed by atoms with van der Waals surface area (Å²) in [5, 5.41) is 11.7. The van der Waals surface area contributed by atoms with E-state index in [1.165, 1.54) is 0 Å². The van der Waals surface area contributed by atoms with Crippen molar-refractivity contribution in [3.63, 3.8) is 0 Å². The van der Waals surface area contributed by atoms with Gasteiger partial charge in [0.25, 0.3) is 0 Å². The highest BCUT2D eigenvalue weighted by molar-refractivity contribution is 5.79. The van der Waals surface area contributed by atoms with Crippen LogP contribution in [0.5, 0.6) is 0 Å². The summed E-state index contributed by atoms with van der Waals surface area (Å²) in [6, 6.07) is 14.9. The Bertz CT molecular complexity index is 916. The number of benzene rings is 2. The molecule has 158 valence electrons. The Labute approximate surface area is 173 Å². The van der Waals surface area contributed by atoms with Gasteiger partial charge in [-0.2, -0.15) is 0 Å². The number of fused-ring (bicyclic) bond motifs is 3. The minimum absolute atomic E-state index is 0.0838. The van der Waals surface area contributed by atoms with Gasteiger partial charge in [-0.1, -0.05) is 48.5 Å². The number of carbonyl (C=O) groups is 2. The van der Waals surface area contributed by atoms with Gasteiger partial charge in [0, 0.05) is 24.8 Å². The molecule has 2 aliphatic rings. The molecule has 2 N–H and O–H groups in total. The number of carbonyl (C=O) groups excluding carboxylic acids is 1. The van der Waals surface area contributed by atoms with Crippen LogP contribution < -0.4 is 5.32 Å². The zero-order valence-electron chi connectivity index (χ0n) is 16.3. The highest BCUT2D eigenvalue weighted by Gasteiger charge is 2.43. The lowest BCUT2D eigenvalue weighted by Crippen LogP contribution is -2.42. The van der Waals surface area contributed by atoms with Crippen LogP contribution in [0.1, 0.15) is 42.7 Å². The number of halogens is 2. The van der Waals surface area contributed by atoms with Crippen LogP contribution in [0.15, 0.2) is 48.5 Å². The van der Waals surface area contributed by atoms with Crippen molar-refractivity contribution in [1.82, 2.24) is 5.32 Å². The standard InChI is InChI=1S/C23H23F2NO4/c24-23(25)10-9-14(12-23)20(11-21(27)28)26-22(29)30-13-19-17-7-3-1-5-15(17)16-6-2-4-8-18(16)19/h1-8,14,19-20H,9-13H2,(H,26,29)(H,27,28)/t14?,20-/m1/s1. The van der Waals surface area contributed by atoms with Crippen molar-refractivity contribution < 1.29 is 28.2 Å². The monoisotopic (exact) mass is 415 g/mol. The SMILES string of the molecule is O=C(O)C[C@@H](NC(=O)OCC1c2ccccc2-c2ccccc21)C1CCC(F)(F)C1. The van der Waals surface area contributed by atoms with Gasteiger partial charge in [0.05, 0.1) is 6.42 Å². The van der Waals surface area contributed by atoms with E-state index in [0.29, 0.717) is 0 Å². The summed E-state index contributed by atoms with van der Waals surface area (Å²) in [4.78, 5) is 23.6. The lowest BCUT2D eigenvalue weighted by atomic mass is 9.95. The van der Waals surface area contributed by atoms with E-state index in [0.717, 1.165) is 22.3 Å². The van der Waals surface area contributed by atoms with E-state index >= 15 is 0 Å². The summed E-state index contributed by atoms with van der Waals surface area (Å²) in [5.74, 6) is -4.67. The Morgan fingerprint density at radius 1 is 1.10 bits per heavy atom. The summed E-state index contributed by atoms with van der Waals surface area (Å²) in [6.07, 6.45) is -1.73. The predicted octanol–water partition coefficient (Wildman–Crippen LogP) is 4.80. The first-order valence-corrected chi connectivity index (χ1v) is 10.1. The second-order valence-electron chi connectivity index (χ2n) is 8.03. The van der Waals surface area contributed by atoms with Gasteiger partial charge in [-0.25, -0.2) is 13.6 Å². The summed E-state index contributed by atoms with van der Waals surface area (Å²) >= 11 is 0. The summed E-state index contributed by atoms with van der Waals surface area (Å²) in [5.41, 5.74) is 4.31. The number of alkyl carbamates (subject to hydrolysis) is 1. The van der Waals surface area contributed by atoms with Crippen LogP contribution in [-0.4, -0.2) is 35.7 Å². The average Bonchev–Trinajstić information content (AvgIpc) is 3.23. The first-order chi connectivity index (χ1) is 14.3. The van der Waals surface area contributed by atoms with Crippen LogP contribution in [0.3, 0.4) is 0 Å². The third kappa shape index (κ3) is 4.15. The molecule has 1 saturated carbocycles. The van der Waals surface area contributed by atoms with Crippen LogP contribution in [0, 0.1) is 5.92 Å². The fourth-order valence-corrected chi connectivity index (χ4v) is 4.64. The first-order valence-electron chi connectivity index (χ1n) is 10.1. The molecule has 2 atom stereocenters. The topological polar surface area (TPSA) is 75.6 Å². The molecule has 4 rings (SSSR count). The van der Waals surface area contributed by atoms with Gasteiger partial charge in [-0.15, -0.1) is 0 Å². The molecule has 0 aromatic heterocycles. The molecule has 1 amide bonds. The van der Waals surface area contributed by atoms with Crippen LogP contribution >= 0.6 is 0 Å². The summed E-state index contributed by atoms with van der Waals surface area (Å²) in [7, 11) is 0. The van der Waals surface area contributed by atoms with Crippen LogP contribution in [0.2, 0.25) is 0 Å². The van der Waals surface area contributed by atoms with E-state index in [1.807, 2.05) is 48.5 Å². The summed E-state index contributed by atoms with van der Waals surface area (Å²) < 4.78 is 32.6. The number of hydrogen-bond donors (Lipinski definition) is 2. The van der Waals surface area contributed by atoms with Crippen molar-refractivity contribution in [3.8, 4) is 11.1 Å². The molecule has 30 heavy (non-hydrogen) atoms. The molecule has 0 aliphatic heterocycles. The zero-order valence-corrected chi connectivity index (χ0v) is 16.3. The van der Waals surface area contributed by atoms with Gasteiger partial charge >= 0.3 is 12.1 Å². The second-order valence-corrected chi connectivity index (χ2v) is 8.03. The largest absolute Gasteiger partial charge is 0.481 e. The fraction of sp³-hybridized carbons (Fsp3) is 0.391. The Balaban J connectivity index is 1.43. The van der Waals surface area contributed by atoms with E-state index in [9.17, 15) is 18.4 Å². The number of aliphatic carboxylic acids is 1. The van der Waals surface area contributed by atoms with Crippen molar-refractivity contribution in [1.29, 1.82) is 0 Å². The van der Waals surface area contributed by atoms with Crippen molar-refractivity contribution in [2.75, 3.05) is 6.61 Å². The normalized spacial score (nSPS) is 20.3. The van der Waals surface area contributed by atoms with E-state index < -0.39 is 42.8 Å². The van der Waals surface area contributed by atoms with Gasteiger partial charge in [0.1, 0.15) is 6.61 Å². The molecule has 7 heteroatoms. The van der Waals surface area contributed by atoms with Crippen LogP contribution in [0.25, 0.3) is 11.1 Å². The number of ether oxygens (including phenoxy) is 1. The Kier molecular flexibility index (Phi) is 5.45. The van der Waals surface area contributed by atoms with E-state index in [-0.39, 0.29) is 25.4 Å². The highest BCUT2D eigenvalue weighted by atomic mass is 19.3. The predicted molar refractivity (Wildman–Crippen MR) is 107 cm³/mol. The van der Waals surface area contributed by atoms with Crippen LogP contribution in [0.4, 0.5) is 13.6 Å². The van der Waals surface area contributed by atoms with Crippen molar-refractivity contribution in [3.05, 3.63) is 59.7 Å². The van der Waals surface area contributed by atoms with Gasteiger partial charge in [0.15, 0.2) is 0 Å². The number of amides is 1. The molecule has 1 unspecified atom stereocenters. The smallest absolute Gasteiger partial charge is 0.407 e. The maximum absolute atomic E-state index is 13.6. The number of carboxylic acid groups (broad SMARTS) is 1. The molecule has 2 aromatic rings. The number of nitrogens with one attached hydrogen (secondary N) is 1. The van der Waals surface area contributed by atoms with E-state index in [2.05, 4.69) is 5.32 Å². The van der Waals surface area contributed by atoms with Crippen molar-refractivity contribution >= 4 is 12.1 Å². The number of hydrogen-bond acceptors (Lipinski definition) is 3. The van der Waals surface area contributed by atoms with Gasteiger partial charge < -0.3 is 15.2 Å².